The van der Waals surface area contributed by atoms with Crippen LogP contribution < -0.4 is 9.47 Å². The van der Waals surface area contributed by atoms with Gasteiger partial charge in [0.15, 0.2) is 13.2 Å². The van der Waals surface area contributed by atoms with Crippen LogP contribution in [0, 0.1) is 0 Å². The van der Waals surface area contributed by atoms with Gasteiger partial charge >= 0.3 is 5.97 Å². The molecule has 0 saturated heterocycles. The summed E-state index contributed by atoms with van der Waals surface area (Å²) in [6.07, 6.45) is 3.31. The number of nitrogens with zero attached hydrogens (tertiary/aromatic N) is 1. The van der Waals surface area contributed by atoms with Gasteiger partial charge in [0.05, 0.1) is 6.61 Å². The van der Waals surface area contributed by atoms with E-state index in [-0.39, 0.29) is 19.1 Å². The lowest BCUT2D eigenvalue weighted by atomic mass is 10.1. The summed E-state index contributed by atoms with van der Waals surface area (Å²) in [5, 5.41) is 0. The van der Waals surface area contributed by atoms with Crippen molar-refractivity contribution in [3.05, 3.63) is 59.2 Å². The molecule has 2 aromatic carbocycles. The van der Waals surface area contributed by atoms with E-state index >= 15 is 0 Å². The minimum atomic E-state index is -0.562. The predicted octanol–water partition coefficient (Wildman–Crippen LogP) is 3.15. The standard InChI is InChI=1S/C23H27NO5/c1-3-27-20-10-7-17(8-11-20)14-24(2)22(25)15-29-23(26)16-28-21-12-9-18-5-4-6-19(18)13-21/h7-13H,3-6,14-16H2,1-2H3. The second kappa shape index (κ2) is 9.96. The molecule has 1 aliphatic carbocycles. The Bertz CT molecular complexity index is 847. The van der Waals surface area contributed by atoms with Crippen molar-refractivity contribution < 1.29 is 23.8 Å². The van der Waals surface area contributed by atoms with Crippen molar-refractivity contribution in [3.63, 3.8) is 0 Å². The van der Waals surface area contributed by atoms with Crippen LogP contribution in [0.2, 0.25) is 0 Å². The first-order valence-corrected chi connectivity index (χ1v) is 9.91. The molecule has 0 N–H and O–H groups in total. The smallest absolute Gasteiger partial charge is 0.344 e. The number of hydrogen-bond donors (Lipinski definition) is 0. The normalized spacial score (nSPS) is 12.2. The third kappa shape index (κ3) is 5.98. The number of fused-ring (bicyclic) bond motifs is 1. The maximum absolute atomic E-state index is 12.2. The molecule has 0 radical (unpaired) electrons. The van der Waals surface area contributed by atoms with E-state index in [1.165, 1.54) is 16.0 Å². The lowest BCUT2D eigenvalue weighted by molar-refractivity contribution is -0.153. The molecule has 0 fully saturated rings. The molecule has 1 amide bonds. The molecule has 3 rings (SSSR count). The molecule has 0 bridgehead atoms. The minimum absolute atomic E-state index is 0.214. The number of carbonyl (C=O) groups excluding carboxylic acids is 2. The van der Waals surface area contributed by atoms with Gasteiger partial charge in [0.1, 0.15) is 11.5 Å². The Hall–Kier alpha value is -3.02. The first kappa shape index (κ1) is 20.7. The van der Waals surface area contributed by atoms with Crippen molar-refractivity contribution in [2.45, 2.75) is 32.7 Å². The van der Waals surface area contributed by atoms with E-state index < -0.39 is 5.97 Å². The van der Waals surface area contributed by atoms with Gasteiger partial charge in [0, 0.05) is 13.6 Å². The summed E-state index contributed by atoms with van der Waals surface area (Å²) < 4.78 is 16.0. The molecule has 154 valence electrons. The largest absolute Gasteiger partial charge is 0.494 e. The van der Waals surface area contributed by atoms with E-state index in [9.17, 15) is 9.59 Å². The topological polar surface area (TPSA) is 65.1 Å². The fraction of sp³-hybridized carbons (Fsp3) is 0.391. The molecule has 29 heavy (non-hydrogen) atoms. The molecule has 2 aromatic rings. The lowest BCUT2D eigenvalue weighted by Gasteiger charge is -2.17. The molecular formula is C23H27NO5. The van der Waals surface area contributed by atoms with Crippen LogP contribution in [0.4, 0.5) is 0 Å². The van der Waals surface area contributed by atoms with Gasteiger partial charge in [-0.25, -0.2) is 4.79 Å². The Morgan fingerprint density at radius 1 is 0.931 bits per heavy atom. The first-order chi connectivity index (χ1) is 14.0. The van der Waals surface area contributed by atoms with Crippen LogP contribution in [0.15, 0.2) is 42.5 Å². The Labute approximate surface area is 171 Å². The highest BCUT2D eigenvalue weighted by Gasteiger charge is 2.15. The second-order valence-corrected chi connectivity index (χ2v) is 7.06. The summed E-state index contributed by atoms with van der Waals surface area (Å²) >= 11 is 0. The fourth-order valence-electron chi connectivity index (χ4n) is 3.29. The zero-order valence-corrected chi connectivity index (χ0v) is 17.0. The van der Waals surface area contributed by atoms with E-state index in [1.807, 2.05) is 49.4 Å². The van der Waals surface area contributed by atoms with E-state index in [4.69, 9.17) is 14.2 Å². The zero-order valence-electron chi connectivity index (χ0n) is 17.0. The van der Waals surface area contributed by atoms with Crippen LogP contribution in [0.3, 0.4) is 0 Å². The van der Waals surface area contributed by atoms with Crippen molar-refractivity contribution in [1.29, 1.82) is 0 Å². The number of esters is 1. The summed E-state index contributed by atoms with van der Waals surface area (Å²) in [4.78, 5) is 25.6. The quantitative estimate of drug-likeness (QED) is 0.608. The molecule has 0 spiro atoms. The van der Waals surface area contributed by atoms with Crippen LogP contribution in [0.1, 0.15) is 30.0 Å². The van der Waals surface area contributed by atoms with Crippen LogP contribution in [-0.4, -0.2) is 43.6 Å². The van der Waals surface area contributed by atoms with Gasteiger partial charge in [-0.1, -0.05) is 18.2 Å². The molecule has 0 unspecified atom stereocenters. The SMILES string of the molecule is CCOc1ccc(CN(C)C(=O)COC(=O)COc2ccc3c(c2)CCC3)cc1. The van der Waals surface area contributed by atoms with Gasteiger partial charge in [-0.3, -0.25) is 4.79 Å². The summed E-state index contributed by atoms with van der Waals surface area (Å²) in [5.74, 6) is 0.613. The van der Waals surface area contributed by atoms with Gasteiger partial charge in [-0.2, -0.15) is 0 Å². The fourth-order valence-corrected chi connectivity index (χ4v) is 3.29. The van der Waals surface area contributed by atoms with Gasteiger partial charge < -0.3 is 19.1 Å². The summed E-state index contributed by atoms with van der Waals surface area (Å²) in [6, 6.07) is 13.4. The lowest BCUT2D eigenvalue weighted by Crippen LogP contribution is -2.31. The van der Waals surface area contributed by atoms with E-state index in [1.54, 1.807) is 7.05 Å². The summed E-state index contributed by atoms with van der Waals surface area (Å²) in [7, 11) is 1.67. The molecule has 0 heterocycles. The Kier molecular flexibility index (Phi) is 7.11. The number of rotatable bonds is 9. The van der Waals surface area contributed by atoms with Crippen molar-refractivity contribution in [2.75, 3.05) is 26.9 Å². The average molecular weight is 397 g/mol. The van der Waals surface area contributed by atoms with E-state index in [0.29, 0.717) is 18.9 Å². The third-order valence-corrected chi connectivity index (χ3v) is 4.86. The summed E-state index contributed by atoms with van der Waals surface area (Å²) in [6.45, 7) is 2.45. The monoisotopic (exact) mass is 397 g/mol. The molecule has 1 aliphatic rings. The number of aryl methyl sites for hydroxylation is 2. The maximum atomic E-state index is 12.2. The Morgan fingerprint density at radius 2 is 1.66 bits per heavy atom. The van der Waals surface area contributed by atoms with Gasteiger partial charge in [0.25, 0.3) is 5.91 Å². The third-order valence-electron chi connectivity index (χ3n) is 4.86. The minimum Gasteiger partial charge on any atom is -0.494 e. The van der Waals surface area contributed by atoms with Crippen molar-refractivity contribution in [2.24, 2.45) is 0 Å². The molecule has 0 saturated carbocycles. The Morgan fingerprint density at radius 3 is 2.41 bits per heavy atom. The predicted molar refractivity (Wildman–Crippen MR) is 109 cm³/mol. The maximum Gasteiger partial charge on any atom is 0.344 e. The highest BCUT2D eigenvalue weighted by atomic mass is 16.6. The number of ether oxygens (including phenoxy) is 3. The number of carbonyl (C=O) groups is 2. The van der Waals surface area contributed by atoms with Crippen LogP contribution >= 0.6 is 0 Å². The van der Waals surface area contributed by atoms with Gasteiger partial charge in [-0.05, 0) is 67.1 Å². The molecule has 6 heteroatoms. The zero-order chi connectivity index (χ0) is 20.6. The Balaban J connectivity index is 1.39. The summed E-state index contributed by atoms with van der Waals surface area (Å²) in [5.41, 5.74) is 3.60. The van der Waals surface area contributed by atoms with Gasteiger partial charge in [-0.15, -0.1) is 0 Å². The van der Waals surface area contributed by atoms with Crippen molar-refractivity contribution in [3.8, 4) is 11.5 Å². The molecular weight excluding hydrogens is 370 g/mol. The highest BCUT2D eigenvalue weighted by molar-refractivity contribution is 5.80. The molecule has 0 atom stereocenters. The van der Waals surface area contributed by atoms with Crippen molar-refractivity contribution in [1.82, 2.24) is 4.90 Å². The van der Waals surface area contributed by atoms with Crippen LogP contribution in [0.25, 0.3) is 0 Å². The second-order valence-electron chi connectivity index (χ2n) is 7.06. The van der Waals surface area contributed by atoms with E-state index in [0.717, 1.165) is 30.6 Å². The van der Waals surface area contributed by atoms with Crippen molar-refractivity contribution >= 4 is 11.9 Å². The molecule has 0 aliphatic heterocycles. The average Bonchev–Trinajstić information content (AvgIpc) is 3.20. The van der Waals surface area contributed by atoms with Gasteiger partial charge in [0.2, 0.25) is 0 Å². The highest BCUT2D eigenvalue weighted by Crippen LogP contribution is 2.26. The molecule has 0 aromatic heterocycles. The van der Waals surface area contributed by atoms with Crippen LogP contribution in [0.5, 0.6) is 11.5 Å². The number of likely N-dealkylation sites (N-methyl/N-ethyl adjacent to an activating group) is 1. The first-order valence-electron chi connectivity index (χ1n) is 9.91. The molecule has 6 nitrogen and oxygen atoms in total. The number of hydrogen-bond acceptors (Lipinski definition) is 5. The number of benzene rings is 2. The van der Waals surface area contributed by atoms with E-state index in [2.05, 4.69) is 0 Å². The van der Waals surface area contributed by atoms with Crippen LogP contribution in [-0.2, 0) is 33.7 Å². The number of amides is 1.